The van der Waals surface area contributed by atoms with Crippen LogP contribution >= 0.6 is 0 Å². The van der Waals surface area contributed by atoms with Crippen molar-refractivity contribution < 1.29 is 23.7 Å². The average molecular weight is 489 g/mol. The van der Waals surface area contributed by atoms with Crippen molar-refractivity contribution in [3.63, 3.8) is 0 Å². The molecule has 1 aliphatic rings. The van der Waals surface area contributed by atoms with Gasteiger partial charge < -0.3 is 24.3 Å². The van der Waals surface area contributed by atoms with Gasteiger partial charge in [-0.15, -0.1) is 0 Å². The number of carbonyl (C=O) groups excluding carboxylic acids is 1. The summed E-state index contributed by atoms with van der Waals surface area (Å²) in [6.07, 6.45) is -0.840. The predicted octanol–water partition coefficient (Wildman–Crippen LogP) is 4.80. The Bertz CT molecular complexity index is 1350. The minimum Gasteiger partial charge on any atom is -0.497 e. The Morgan fingerprint density at radius 2 is 1.86 bits per heavy atom. The molecule has 9 nitrogen and oxygen atoms in total. The highest BCUT2D eigenvalue weighted by molar-refractivity contribution is 5.87. The number of nitrogens with one attached hydrogen (secondary N) is 2. The number of hydrogen-bond donors (Lipinski definition) is 2. The molecule has 2 aromatic heterocycles. The van der Waals surface area contributed by atoms with Crippen LogP contribution in [0.1, 0.15) is 35.6 Å². The molecule has 1 fully saturated rings. The number of hydrogen-bond acceptors (Lipinski definition) is 7. The third-order valence-corrected chi connectivity index (χ3v) is 6.11. The molecule has 0 radical (unpaired) electrons. The fourth-order valence-corrected chi connectivity index (χ4v) is 4.34. The summed E-state index contributed by atoms with van der Waals surface area (Å²) in [6.45, 7) is 4.36. The van der Waals surface area contributed by atoms with E-state index in [4.69, 9.17) is 23.9 Å². The summed E-state index contributed by atoms with van der Waals surface area (Å²) in [7, 11) is 1.63. The first kappa shape index (κ1) is 23.8. The van der Waals surface area contributed by atoms with Crippen LogP contribution in [0.4, 0.5) is 4.79 Å². The van der Waals surface area contributed by atoms with Gasteiger partial charge in [0.25, 0.3) is 0 Å². The van der Waals surface area contributed by atoms with Crippen molar-refractivity contribution in [2.45, 2.75) is 39.5 Å². The predicted molar refractivity (Wildman–Crippen MR) is 133 cm³/mol. The summed E-state index contributed by atoms with van der Waals surface area (Å²) in [5.41, 5.74) is 5.79. The summed E-state index contributed by atoms with van der Waals surface area (Å²) < 4.78 is 22.5. The SMILES string of the molecule is COc1ccc(-c2nc3n[nH]c(C)c3c(CCNC(=O)OCc3ccccc3)c2C2OC(C)O2)cc1. The van der Waals surface area contributed by atoms with Gasteiger partial charge in [-0.3, -0.25) is 5.10 Å². The Kier molecular flexibility index (Phi) is 6.84. The van der Waals surface area contributed by atoms with Crippen LogP contribution < -0.4 is 10.1 Å². The van der Waals surface area contributed by atoms with Gasteiger partial charge in [0.15, 0.2) is 18.2 Å². The van der Waals surface area contributed by atoms with E-state index < -0.39 is 12.4 Å². The zero-order valence-electron chi connectivity index (χ0n) is 20.4. The molecule has 4 aromatic rings. The van der Waals surface area contributed by atoms with E-state index in [1.165, 1.54) is 0 Å². The highest BCUT2D eigenvalue weighted by atomic mass is 16.9. The standard InChI is InChI=1S/C27H28N4O5/c1-16-22-21(13-14-28-27(32)34-15-18-7-5-4-6-8-18)23(26-35-17(2)36-26)24(29-25(22)31-30-16)19-9-11-20(33-3)12-10-19/h4-12,17,26H,13-15H2,1-3H3,(H,28,32)(H,29,30,31). The number of carbonyl (C=O) groups is 1. The summed E-state index contributed by atoms with van der Waals surface area (Å²) in [5.74, 6) is 0.750. The second-order valence-corrected chi connectivity index (χ2v) is 8.54. The number of alkyl carbamates (subject to hydrolysis) is 1. The summed E-state index contributed by atoms with van der Waals surface area (Å²) in [4.78, 5) is 17.2. The molecule has 0 spiro atoms. The average Bonchev–Trinajstić information content (AvgIpc) is 3.26. The van der Waals surface area contributed by atoms with Crippen LogP contribution in [0, 0.1) is 6.92 Å². The first-order valence-corrected chi connectivity index (χ1v) is 11.8. The largest absolute Gasteiger partial charge is 0.497 e. The van der Waals surface area contributed by atoms with Crippen molar-refractivity contribution in [1.82, 2.24) is 20.5 Å². The number of H-pyrrole nitrogens is 1. The van der Waals surface area contributed by atoms with Gasteiger partial charge in [-0.05, 0) is 55.7 Å². The van der Waals surface area contributed by atoms with Gasteiger partial charge in [-0.25, -0.2) is 9.78 Å². The number of methoxy groups -OCH3 is 1. The second kappa shape index (κ2) is 10.3. The van der Waals surface area contributed by atoms with E-state index in [2.05, 4.69) is 15.5 Å². The first-order chi connectivity index (χ1) is 17.5. The molecule has 1 aliphatic heterocycles. The van der Waals surface area contributed by atoms with Crippen LogP contribution in [0.3, 0.4) is 0 Å². The molecule has 5 rings (SSSR count). The smallest absolute Gasteiger partial charge is 0.407 e. The molecule has 186 valence electrons. The highest BCUT2D eigenvalue weighted by Crippen LogP contribution is 2.42. The van der Waals surface area contributed by atoms with Crippen LogP contribution in [0.25, 0.3) is 22.3 Å². The molecule has 1 amide bonds. The number of amides is 1. The maximum atomic E-state index is 12.3. The Hall–Kier alpha value is -3.95. The molecule has 2 N–H and O–H groups in total. The molecule has 0 unspecified atom stereocenters. The lowest BCUT2D eigenvalue weighted by Crippen LogP contribution is -2.33. The summed E-state index contributed by atoms with van der Waals surface area (Å²) in [5, 5.41) is 11.2. The minimum atomic E-state index is -0.566. The topological polar surface area (TPSA) is 108 Å². The molecule has 36 heavy (non-hydrogen) atoms. The number of pyridine rings is 1. The van der Waals surface area contributed by atoms with Crippen molar-refractivity contribution in [1.29, 1.82) is 0 Å². The van der Waals surface area contributed by atoms with Crippen LogP contribution in [-0.4, -0.2) is 41.2 Å². The molecule has 0 atom stereocenters. The summed E-state index contributed by atoms with van der Waals surface area (Å²) in [6, 6.07) is 17.2. The Labute approximate surface area is 208 Å². The number of aromatic amines is 1. The minimum absolute atomic E-state index is 0.210. The molecule has 1 saturated heterocycles. The molecule has 0 saturated carbocycles. The van der Waals surface area contributed by atoms with Gasteiger partial charge in [-0.1, -0.05) is 30.3 Å². The van der Waals surface area contributed by atoms with Crippen molar-refractivity contribution >= 4 is 17.1 Å². The number of ether oxygens (including phenoxy) is 4. The van der Waals surface area contributed by atoms with Crippen LogP contribution in [-0.2, 0) is 27.2 Å². The number of aromatic nitrogens is 3. The molecular formula is C27H28N4O5. The van der Waals surface area contributed by atoms with Crippen molar-refractivity contribution in [3.05, 3.63) is 77.0 Å². The molecule has 3 heterocycles. The van der Waals surface area contributed by atoms with E-state index >= 15 is 0 Å². The highest BCUT2D eigenvalue weighted by Gasteiger charge is 2.35. The van der Waals surface area contributed by atoms with Crippen molar-refractivity contribution in [3.8, 4) is 17.0 Å². The third-order valence-electron chi connectivity index (χ3n) is 6.11. The lowest BCUT2D eigenvalue weighted by atomic mass is 9.94. The Morgan fingerprint density at radius 3 is 2.56 bits per heavy atom. The van der Waals surface area contributed by atoms with E-state index in [0.717, 1.165) is 44.8 Å². The lowest BCUT2D eigenvalue weighted by Gasteiger charge is -2.36. The Balaban J connectivity index is 1.43. The van der Waals surface area contributed by atoms with Crippen LogP contribution in [0.5, 0.6) is 5.75 Å². The molecular weight excluding hydrogens is 460 g/mol. The number of benzene rings is 2. The van der Waals surface area contributed by atoms with Crippen molar-refractivity contribution in [2.75, 3.05) is 13.7 Å². The zero-order chi connectivity index (χ0) is 25.1. The van der Waals surface area contributed by atoms with Gasteiger partial charge in [-0.2, -0.15) is 5.10 Å². The van der Waals surface area contributed by atoms with Crippen LogP contribution in [0.2, 0.25) is 0 Å². The van der Waals surface area contributed by atoms with E-state index in [1.54, 1.807) is 7.11 Å². The Morgan fingerprint density at radius 1 is 1.11 bits per heavy atom. The molecule has 0 aliphatic carbocycles. The number of fused-ring (bicyclic) bond motifs is 1. The van der Waals surface area contributed by atoms with Crippen LogP contribution in [0.15, 0.2) is 54.6 Å². The quantitative estimate of drug-likeness (QED) is 0.367. The number of aryl methyl sites for hydroxylation is 1. The van der Waals surface area contributed by atoms with Gasteiger partial charge >= 0.3 is 6.09 Å². The van der Waals surface area contributed by atoms with E-state index in [0.29, 0.717) is 18.6 Å². The molecule has 0 bridgehead atoms. The fourth-order valence-electron chi connectivity index (χ4n) is 4.34. The second-order valence-electron chi connectivity index (χ2n) is 8.54. The van der Waals surface area contributed by atoms with Crippen molar-refractivity contribution in [2.24, 2.45) is 0 Å². The monoisotopic (exact) mass is 488 g/mol. The maximum Gasteiger partial charge on any atom is 0.407 e. The fraction of sp³-hybridized carbons (Fsp3) is 0.296. The zero-order valence-corrected chi connectivity index (χ0v) is 20.4. The van der Waals surface area contributed by atoms with E-state index in [1.807, 2.05) is 68.4 Å². The molecule has 2 aromatic carbocycles. The third kappa shape index (κ3) is 4.89. The number of rotatable bonds is 8. The van der Waals surface area contributed by atoms with E-state index in [-0.39, 0.29) is 12.9 Å². The number of nitrogens with zero attached hydrogens (tertiary/aromatic N) is 2. The van der Waals surface area contributed by atoms with Gasteiger partial charge in [0.1, 0.15) is 12.4 Å². The van der Waals surface area contributed by atoms with Gasteiger partial charge in [0.05, 0.1) is 12.8 Å². The molecule has 9 heteroatoms. The summed E-state index contributed by atoms with van der Waals surface area (Å²) >= 11 is 0. The normalized spacial score (nSPS) is 17.0. The maximum absolute atomic E-state index is 12.3. The lowest BCUT2D eigenvalue weighted by molar-refractivity contribution is -0.382. The van der Waals surface area contributed by atoms with E-state index in [9.17, 15) is 4.79 Å². The van der Waals surface area contributed by atoms with Gasteiger partial charge in [0, 0.05) is 28.8 Å². The first-order valence-electron chi connectivity index (χ1n) is 11.8. The van der Waals surface area contributed by atoms with Gasteiger partial charge in [0.2, 0.25) is 0 Å².